The molecule has 12 heavy (non-hydrogen) atoms. The van der Waals surface area contributed by atoms with Crippen LogP contribution in [0, 0.1) is 5.82 Å². The van der Waals surface area contributed by atoms with Gasteiger partial charge in [-0.3, -0.25) is 0 Å². The highest BCUT2D eigenvalue weighted by molar-refractivity contribution is 5.55. The van der Waals surface area contributed by atoms with Gasteiger partial charge in [-0.2, -0.15) is 0 Å². The van der Waals surface area contributed by atoms with Gasteiger partial charge in [0.2, 0.25) is 0 Å². The third-order valence-corrected chi connectivity index (χ3v) is 1.33. The minimum Gasteiger partial charge on any atom is -0.491 e. The summed E-state index contributed by atoms with van der Waals surface area (Å²) >= 11 is 0. The molecule has 0 atom stereocenters. The van der Waals surface area contributed by atoms with Crippen molar-refractivity contribution in [3.8, 4) is 5.75 Å². The fourth-order valence-corrected chi connectivity index (χ4v) is 0.833. The van der Waals surface area contributed by atoms with Crippen LogP contribution < -0.4 is 10.1 Å². The predicted molar refractivity (Wildman–Crippen MR) is 37.6 cm³/mol. The normalized spacial score (nSPS) is 9.67. The van der Waals surface area contributed by atoms with Crippen LogP contribution >= 0.6 is 0 Å². The first kappa shape index (κ1) is 8.70. The topological polar surface area (TPSA) is 12.5 Å². The quantitative estimate of drug-likeness (QED) is 0.643. The first-order valence-corrected chi connectivity index (χ1v) is 3.11. The second-order valence-electron chi connectivity index (χ2n) is 2.03. The smallest absolute Gasteiger partial charge is 0.183 e. The molecule has 2 nitrogen and oxygen atoms in total. The summed E-state index contributed by atoms with van der Waals surface area (Å²) < 4.78 is 41.1. The summed E-state index contributed by atoms with van der Waals surface area (Å²) in [7, 11) is 1.13. The average Bonchev–Trinajstić information content (AvgIpc) is 2.03. The van der Waals surface area contributed by atoms with E-state index in [-0.39, 0.29) is 0 Å². The van der Waals surface area contributed by atoms with Gasteiger partial charge in [0.05, 0.1) is 7.11 Å². The molecule has 0 unspecified atom stereocenters. The molecule has 0 bridgehead atoms. The number of hydrogen-bond acceptors (Lipinski definition) is 2. The molecule has 0 aromatic heterocycles. The lowest BCUT2D eigenvalue weighted by atomic mass is 10.3. The molecule has 1 aromatic rings. The van der Waals surface area contributed by atoms with Gasteiger partial charge in [-0.05, 0) is 17.5 Å². The molecule has 0 fully saturated rings. The summed E-state index contributed by atoms with van der Waals surface area (Å²) in [5.74, 6) is -1.27. The maximum atomic E-state index is 12.7. The van der Waals surface area contributed by atoms with Crippen molar-refractivity contribution in [2.45, 2.75) is 0 Å². The molecule has 0 aliphatic heterocycles. The van der Waals surface area contributed by atoms with Crippen LogP contribution in [0.2, 0.25) is 0 Å². The molecule has 5 heteroatoms. The number of benzene rings is 1. The van der Waals surface area contributed by atoms with Gasteiger partial charge >= 0.3 is 0 Å². The van der Waals surface area contributed by atoms with E-state index in [4.69, 9.17) is 0 Å². The number of nitrogens with zero attached hydrogens (tertiary/aromatic N) is 1. The molecule has 0 N–H and O–H groups in total. The Bertz CT molecular complexity index is 277. The van der Waals surface area contributed by atoms with Crippen LogP contribution in [0.25, 0.3) is 0 Å². The predicted octanol–water partition coefficient (Wildman–Crippen LogP) is 2.41. The van der Waals surface area contributed by atoms with Crippen LogP contribution in [-0.4, -0.2) is 7.11 Å². The van der Waals surface area contributed by atoms with Gasteiger partial charge < -0.3 is 4.74 Å². The Hall–Kier alpha value is -1.39. The molecule has 0 amide bonds. The van der Waals surface area contributed by atoms with Gasteiger partial charge in [0.1, 0.15) is 0 Å². The largest absolute Gasteiger partial charge is 0.491 e. The van der Waals surface area contributed by atoms with Crippen LogP contribution in [-0.2, 0) is 0 Å². The zero-order chi connectivity index (χ0) is 9.14. The van der Waals surface area contributed by atoms with E-state index in [1.165, 1.54) is 6.07 Å². The molecule has 0 saturated carbocycles. The minimum absolute atomic E-state index is 0.456. The molecule has 0 aliphatic rings. The maximum Gasteiger partial charge on any atom is 0.183 e. The summed E-state index contributed by atoms with van der Waals surface area (Å²) in [6, 6.07) is 3.28. The van der Waals surface area contributed by atoms with Gasteiger partial charge in [0.15, 0.2) is 17.3 Å². The zero-order valence-electron chi connectivity index (χ0n) is 6.22. The van der Waals surface area contributed by atoms with Crippen LogP contribution in [0.4, 0.5) is 19.0 Å². The maximum absolute atomic E-state index is 12.7. The van der Waals surface area contributed by atoms with Crippen molar-refractivity contribution in [2.24, 2.45) is 0 Å². The van der Waals surface area contributed by atoms with Gasteiger partial charge in [0, 0.05) is 0 Å². The lowest BCUT2D eigenvalue weighted by Gasteiger charge is -2.08. The number of hydrogen-bond donors (Lipinski definition) is 0. The number of ether oxygens (including phenoxy) is 1. The van der Waals surface area contributed by atoms with E-state index >= 15 is 0 Å². The number of para-hydroxylation sites is 1. The summed E-state index contributed by atoms with van der Waals surface area (Å²) in [6.45, 7) is 0. The summed E-state index contributed by atoms with van der Waals surface area (Å²) in [5, 5.41) is -1.19. The summed E-state index contributed by atoms with van der Waals surface area (Å²) in [4.78, 5) is 0. The summed E-state index contributed by atoms with van der Waals surface area (Å²) in [5.41, 5.74) is -0.586. The number of halogens is 3. The van der Waals surface area contributed by atoms with E-state index in [0.717, 1.165) is 19.2 Å². The monoisotopic (exact) mass is 177 g/mol. The molecular weight excluding hydrogens is 171 g/mol. The Labute approximate surface area is 67.0 Å². The molecule has 0 spiro atoms. The van der Waals surface area contributed by atoms with Gasteiger partial charge in [-0.15, -0.1) is 0 Å². The molecule has 0 aliphatic carbocycles. The minimum atomic E-state index is -1.19. The molecule has 0 radical (unpaired) electrons. The van der Waals surface area contributed by atoms with E-state index in [1.54, 1.807) is 0 Å². The molecule has 0 saturated heterocycles. The van der Waals surface area contributed by atoms with E-state index in [1.807, 2.05) is 0 Å². The molecule has 66 valence electrons. The number of methoxy groups -OCH3 is 1. The van der Waals surface area contributed by atoms with E-state index < -0.39 is 22.6 Å². The molecule has 1 aromatic carbocycles. The third-order valence-electron chi connectivity index (χ3n) is 1.33. The highest BCUT2D eigenvalue weighted by Crippen LogP contribution is 2.31. The Morgan fingerprint density at radius 3 is 2.42 bits per heavy atom. The van der Waals surface area contributed by atoms with Crippen LogP contribution in [0.15, 0.2) is 18.2 Å². The molecular formula is C7H6F3NO. The third kappa shape index (κ3) is 1.44. The van der Waals surface area contributed by atoms with Crippen molar-refractivity contribution in [1.29, 1.82) is 0 Å². The Kier molecular flexibility index (Phi) is 2.42. The lowest BCUT2D eigenvalue weighted by Crippen LogP contribution is -2.00. The van der Waals surface area contributed by atoms with E-state index in [9.17, 15) is 13.4 Å². The van der Waals surface area contributed by atoms with Gasteiger partial charge in [0.25, 0.3) is 0 Å². The second-order valence-corrected chi connectivity index (χ2v) is 2.03. The van der Waals surface area contributed by atoms with Crippen molar-refractivity contribution in [3.63, 3.8) is 0 Å². The van der Waals surface area contributed by atoms with Crippen molar-refractivity contribution >= 4 is 5.69 Å². The van der Waals surface area contributed by atoms with Crippen molar-refractivity contribution in [3.05, 3.63) is 24.0 Å². The van der Waals surface area contributed by atoms with Crippen LogP contribution in [0.1, 0.15) is 0 Å². The fraction of sp³-hybridized carbons (Fsp3) is 0.143. The summed E-state index contributed by atoms with van der Waals surface area (Å²) in [6.07, 6.45) is 0. The van der Waals surface area contributed by atoms with Gasteiger partial charge in [-0.25, -0.2) is 4.39 Å². The first-order valence-electron chi connectivity index (χ1n) is 3.11. The SMILES string of the molecule is COc1c(F)cccc1N(F)F. The Balaban J connectivity index is 3.18. The average molecular weight is 177 g/mol. The van der Waals surface area contributed by atoms with Crippen LogP contribution in [0.3, 0.4) is 0 Å². The van der Waals surface area contributed by atoms with Gasteiger partial charge in [-0.1, -0.05) is 15.0 Å². The second kappa shape index (κ2) is 3.34. The fourth-order valence-electron chi connectivity index (χ4n) is 0.833. The highest BCUT2D eigenvalue weighted by Gasteiger charge is 2.14. The molecule has 0 heterocycles. The Morgan fingerprint density at radius 1 is 1.33 bits per heavy atom. The van der Waals surface area contributed by atoms with Crippen molar-refractivity contribution in [1.82, 2.24) is 0 Å². The Morgan fingerprint density at radius 2 is 2.00 bits per heavy atom. The van der Waals surface area contributed by atoms with E-state index in [0.29, 0.717) is 0 Å². The first-order chi connectivity index (χ1) is 5.66. The van der Waals surface area contributed by atoms with E-state index in [2.05, 4.69) is 4.74 Å². The number of anilines is 1. The van der Waals surface area contributed by atoms with Crippen molar-refractivity contribution < 1.29 is 18.1 Å². The standard InChI is InChI=1S/C7H6F3NO/c1-12-7-5(8)3-2-4-6(7)11(9)10/h2-4H,1H3. The molecule has 1 rings (SSSR count). The number of rotatable bonds is 2. The van der Waals surface area contributed by atoms with Crippen molar-refractivity contribution in [2.75, 3.05) is 12.5 Å². The zero-order valence-corrected chi connectivity index (χ0v) is 6.22. The highest BCUT2D eigenvalue weighted by atomic mass is 19.4. The lowest BCUT2D eigenvalue weighted by molar-refractivity contribution is 0.229. The van der Waals surface area contributed by atoms with Crippen LogP contribution in [0.5, 0.6) is 5.75 Å².